The van der Waals surface area contributed by atoms with Crippen molar-refractivity contribution in [1.29, 1.82) is 0 Å². The quantitative estimate of drug-likeness (QED) is 0.542. The summed E-state index contributed by atoms with van der Waals surface area (Å²) in [7, 11) is 2.90. The largest absolute Gasteiger partial charge is 0.478 e. The lowest BCUT2D eigenvalue weighted by molar-refractivity contribution is -0.138. The Morgan fingerprint density at radius 1 is 1.05 bits per heavy atom. The SMILES string of the molecule is COC(=O)C1=C(CN2CCc3ccccc3C2)N(C)C(C)=C(C(=O)O)C1c1ccc(C(F)(F)F)cc1.Cl. The first-order valence-electron chi connectivity index (χ1n) is 11.5. The minimum atomic E-state index is -4.54. The Morgan fingerprint density at radius 3 is 2.24 bits per heavy atom. The molecular weight excluding hydrogens is 509 g/mol. The number of halogens is 4. The van der Waals surface area contributed by atoms with Gasteiger partial charge in [0.2, 0.25) is 0 Å². The summed E-state index contributed by atoms with van der Waals surface area (Å²) in [5.74, 6) is -3.05. The predicted octanol–water partition coefficient (Wildman–Crippen LogP) is 5.00. The molecule has 0 aliphatic carbocycles. The summed E-state index contributed by atoms with van der Waals surface area (Å²) in [6, 6.07) is 12.4. The number of rotatable bonds is 5. The van der Waals surface area contributed by atoms with Crippen LogP contribution < -0.4 is 0 Å². The second kappa shape index (κ2) is 11.0. The minimum Gasteiger partial charge on any atom is -0.478 e. The maximum Gasteiger partial charge on any atom is 0.416 e. The van der Waals surface area contributed by atoms with E-state index in [1.807, 2.05) is 12.1 Å². The topological polar surface area (TPSA) is 70.1 Å². The molecule has 2 aromatic carbocycles. The van der Waals surface area contributed by atoms with Gasteiger partial charge in [0.25, 0.3) is 0 Å². The van der Waals surface area contributed by atoms with Crippen LogP contribution in [0.5, 0.6) is 0 Å². The number of methoxy groups -OCH3 is 1. The van der Waals surface area contributed by atoms with Gasteiger partial charge in [-0.25, -0.2) is 9.59 Å². The van der Waals surface area contributed by atoms with Crippen molar-refractivity contribution >= 4 is 24.3 Å². The van der Waals surface area contributed by atoms with Gasteiger partial charge in [0.1, 0.15) is 0 Å². The number of carbonyl (C=O) groups excluding carboxylic acids is 1. The molecule has 0 amide bonds. The Labute approximate surface area is 219 Å². The van der Waals surface area contributed by atoms with Gasteiger partial charge in [-0.15, -0.1) is 12.4 Å². The average Bonchev–Trinajstić information content (AvgIpc) is 2.85. The van der Waals surface area contributed by atoms with E-state index in [1.54, 1.807) is 18.9 Å². The molecule has 2 aliphatic rings. The van der Waals surface area contributed by atoms with E-state index in [4.69, 9.17) is 4.74 Å². The number of carboxylic acid groups (broad SMARTS) is 1. The van der Waals surface area contributed by atoms with E-state index in [0.29, 0.717) is 24.5 Å². The zero-order valence-electron chi connectivity index (χ0n) is 20.6. The second-order valence-corrected chi connectivity index (χ2v) is 9.00. The molecule has 37 heavy (non-hydrogen) atoms. The van der Waals surface area contributed by atoms with Crippen LogP contribution in [0.15, 0.2) is 71.1 Å². The predicted molar refractivity (Wildman–Crippen MR) is 134 cm³/mol. The van der Waals surface area contributed by atoms with Crippen LogP contribution in [0.3, 0.4) is 0 Å². The van der Waals surface area contributed by atoms with E-state index >= 15 is 0 Å². The molecule has 0 radical (unpaired) electrons. The van der Waals surface area contributed by atoms with Gasteiger partial charge in [-0.05, 0) is 42.2 Å². The molecule has 1 unspecified atom stereocenters. The number of esters is 1. The molecule has 0 saturated heterocycles. The number of hydrogen-bond donors (Lipinski definition) is 1. The number of benzene rings is 2. The molecule has 0 bridgehead atoms. The normalized spacial score (nSPS) is 18.3. The molecule has 2 heterocycles. The van der Waals surface area contributed by atoms with Crippen LogP contribution in [0.2, 0.25) is 0 Å². The highest BCUT2D eigenvalue weighted by Crippen LogP contribution is 2.43. The fourth-order valence-corrected chi connectivity index (χ4v) is 5.00. The number of alkyl halides is 3. The number of hydrogen-bond acceptors (Lipinski definition) is 5. The molecule has 198 valence electrons. The van der Waals surface area contributed by atoms with Crippen LogP contribution in [-0.2, 0) is 33.5 Å². The number of likely N-dealkylation sites (N-methyl/N-ethyl adjacent to an activating group) is 1. The summed E-state index contributed by atoms with van der Waals surface area (Å²) in [4.78, 5) is 29.3. The maximum absolute atomic E-state index is 13.2. The summed E-state index contributed by atoms with van der Waals surface area (Å²) < 4.78 is 44.6. The smallest absolute Gasteiger partial charge is 0.416 e. The van der Waals surface area contributed by atoms with E-state index in [2.05, 4.69) is 17.0 Å². The summed E-state index contributed by atoms with van der Waals surface area (Å²) in [6.07, 6.45) is -3.71. The molecule has 2 aromatic rings. The van der Waals surface area contributed by atoms with Crippen molar-refractivity contribution in [2.75, 3.05) is 27.2 Å². The Kier molecular flexibility index (Phi) is 8.39. The molecule has 4 rings (SSSR count). The van der Waals surface area contributed by atoms with Gasteiger partial charge in [0, 0.05) is 38.1 Å². The number of allylic oxidation sites excluding steroid dienone is 1. The Balaban J connectivity index is 0.00000380. The molecule has 0 spiro atoms. The Hall–Kier alpha value is -3.30. The van der Waals surface area contributed by atoms with Crippen LogP contribution >= 0.6 is 12.4 Å². The molecule has 0 fully saturated rings. The monoisotopic (exact) mass is 536 g/mol. The molecule has 0 saturated carbocycles. The zero-order chi connectivity index (χ0) is 26.2. The van der Waals surface area contributed by atoms with Gasteiger partial charge in [-0.2, -0.15) is 13.2 Å². The molecular formula is C27H28ClF3N2O4. The summed E-state index contributed by atoms with van der Waals surface area (Å²) in [5.41, 5.74) is 2.87. The molecule has 1 N–H and O–H groups in total. The van der Waals surface area contributed by atoms with Crippen LogP contribution in [0.25, 0.3) is 0 Å². The first kappa shape index (κ1) is 28.3. The lowest BCUT2D eigenvalue weighted by Gasteiger charge is -2.39. The highest BCUT2D eigenvalue weighted by atomic mass is 35.5. The van der Waals surface area contributed by atoms with Gasteiger partial charge >= 0.3 is 18.1 Å². The summed E-state index contributed by atoms with van der Waals surface area (Å²) >= 11 is 0. The minimum absolute atomic E-state index is 0. The zero-order valence-corrected chi connectivity index (χ0v) is 21.4. The molecule has 1 atom stereocenters. The number of nitrogens with zero attached hydrogens (tertiary/aromatic N) is 2. The van der Waals surface area contributed by atoms with Crippen molar-refractivity contribution in [1.82, 2.24) is 9.80 Å². The van der Waals surface area contributed by atoms with Gasteiger partial charge in [0.05, 0.1) is 29.7 Å². The number of ether oxygens (including phenoxy) is 1. The van der Waals surface area contributed by atoms with Crippen molar-refractivity contribution in [2.45, 2.75) is 32.0 Å². The fraction of sp³-hybridized carbons (Fsp3) is 0.333. The molecule has 0 aromatic heterocycles. The number of fused-ring (bicyclic) bond motifs is 1. The third kappa shape index (κ3) is 5.52. The first-order valence-corrected chi connectivity index (χ1v) is 11.5. The van der Waals surface area contributed by atoms with Crippen LogP contribution in [0.4, 0.5) is 13.2 Å². The Morgan fingerprint density at radius 2 is 1.68 bits per heavy atom. The van der Waals surface area contributed by atoms with E-state index in [0.717, 1.165) is 25.1 Å². The number of carboxylic acids is 1. The van der Waals surface area contributed by atoms with Crippen molar-refractivity contribution < 1.29 is 32.6 Å². The summed E-state index contributed by atoms with van der Waals surface area (Å²) in [6.45, 7) is 3.38. The number of carbonyl (C=O) groups is 2. The average molecular weight is 537 g/mol. The second-order valence-electron chi connectivity index (χ2n) is 9.00. The van der Waals surface area contributed by atoms with Gasteiger partial charge in [-0.1, -0.05) is 36.4 Å². The van der Waals surface area contributed by atoms with Crippen molar-refractivity contribution in [3.8, 4) is 0 Å². The fourth-order valence-electron chi connectivity index (χ4n) is 5.00. The Bertz CT molecular complexity index is 1260. The van der Waals surface area contributed by atoms with Crippen LogP contribution in [0, 0.1) is 0 Å². The van der Waals surface area contributed by atoms with Crippen LogP contribution in [-0.4, -0.2) is 54.1 Å². The van der Waals surface area contributed by atoms with Gasteiger partial charge in [-0.3, -0.25) is 4.90 Å². The lowest BCUT2D eigenvalue weighted by Crippen LogP contribution is -2.40. The lowest BCUT2D eigenvalue weighted by atomic mass is 9.79. The molecule has 2 aliphatic heterocycles. The maximum atomic E-state index is 13.2. The van der Waals surface area contributed by atoms with Gasteiger partial charge < -0.3 is 14.7 Å². The third-order valence-electron chi connectivity index (χ3n) is 6.98. The third-order valence-corrected chi connectivity index (χ3v) is 6.98. The van der Waals surface area contributed by atoms with E-state index in [-0.39, 0.29) is 29.1 Å². The van der Waals surface area contributed by atoms with Crippen molar-refractivity contribution in [3.05, 3.63) is 93.3 Å². The van der Waals surface area contributed by atoms with Crippen molar-refractivity contribution in [3.63, 3.8) is 0 Å². The first-order chi connectivity index (χ1) is 17.0. The number of aliphatic carboxylic acids is 1. The highest BCUT2D eigenvalue weighted by Gasteiger charge is 2.41. The van der Waals surface area contributed by atoms with Gasteiger partial charge in [0.15, 0.2) is 0 Å². The van der Waals surface area contributed by atoms with E-state index in [1.165, 1.54) is 30.4 Å². The molecule has 10 heteroatoms. The highest BCUT2D eigenvalue weighted by molar-refractivity contribution is 5.99. The van der Waals surface area contributed by atoms with Crippen molar-refractivity contribution in [2.24, 2.45) is 0 Å². The standard InChI is InChI=1S/C27H27F3N2O4.ClH/c1-16-22(25(33)34)23(18-8-10-20(11-9-18)27(28,29)30)24(26(35)36-3)21(31(16)2)15-32-13-12-17-6-4-5-7-19(17)14-32;/h4-11,23H,12-15H2,1-3H3,(H,33,34);1H. The van der Waals surface area contributed by atoms with E-state index < -0.39 is 29.6 Å². The van der Waals surface area contributed by atoms with Crippen LogP contribution in [0.1, 0.15) is 35.1 Å². The summed E-state index contributed by atoms with van der Waals surface area (Å²) in [5, 5.41) is 10.1. The molecule has 6 nitrogen and oxygen atoms in total. The van der Waals surface area contributed by atoms with E-state index in [9.17, 15) is 27.9 Å².